The predicted molar refractivity (Wildman–Crippen MR) is 86.3 cm³/mol. The van der Waals surface area contributed by atoms with Gasteiger partial charge >= 0.3 is 0 Å². The van der Waals surface area contributed by atoms with Crippen LogP contribution < -0.4 is 4.90 Å². The number of rotatable bonds is 2. The first-order valence-corrected chi connectivity index (χ1v) is 7.30. The number of anilines is 1. The minimum absolute atomic E-state index is 0.702. The molecule has 0 amide bonds. The average Bonchev–Trinajstić information content (AvgIpc) is 2.56. The summed E-state index contributed by atoms with van der Waals surface area (Å²) in [6.45, 7) is 4.42. The zero-order chi connectivity index (χ0) is 14.7. The van der Waals surface area contributed by atoms with Gasteiger partial charge in [-0.05, 0) is 42.4 Å². The molecule has 1 heterocycles. The van der Waals surface area contributed by atoms with E-state index in [1.807, 2.05) is 24.3 Å². The minimum Gasteiger partial charge on any atom is -0.369 e. The maximum absolute atomic E-state index is 8.84. The molecule has 0 aromatic heterocycles. The van der Waals surface area contributed by atoms with E-state index >= 15 is 0 Å². The van der Waals surface area contributed by atoms with E-state index in [2.05, 4.69) is 47.2 Å². The van der Waals surface area contributed by atoms with Crippen LogP contribution in [0.5, 0.6) is 0 Å². The number of nitrogens with zero attached hydrogens (tertiary/aromatic N) is 3. The van der Waals surface area contributed by atoms with Crippen LogP contribution in [-0.4, -0.2) is 38.1 Å². The lowest BCUT2D eigenvalue weighted by Gasteiger charge is -2.34. The van der Waals surface area contributed by atoms with Crippen LogP contribution in [-0.2, 0) is 0 Å². The molecule has 21 heavy (non-hydrogen) atoms. The molecule has 0 atom stereocenters. The molecule has 1 saturated heterocycles. The first kappa shape index (κ1) is 13.7. The first-order valence-electron chi connectivity index (χ1n) is 7.30. The Morgan fingerprint density at radius 1 is 0.810 bits per heavy atom. The molecular weight excluding hydrogens is 258 g/mol. The molecule has 3 rings (SSSR count). The van der Waals surface area contributed by atoms with E-state index in [9.17, 15) is 0 Å². The van der Waals surface area contributed by atoms with E-state index in [4.69, 9.17) is 5.26 Å². The molecular formula is C18H19N3. The Labute approximate surface area is 126 Å². The van der Waals surface area contributed by atoms with Gasteiger partial charge in [-0.3, -0.25) is 0 Å². The lowest BCUT2D eigenvalue weighted by atomic mass is 10.0. The van der Waals surface area contributed by atoms with Crippen molar-refractivity contribution >= 4 is 5.69 Å². The van der Waals surface area contributed by atoms with Gasteiger partial charge < -0.3 is 9.80 Å². The molecule has 1 aliphatic rings. The molecule has 2 aromatic rings. The molecule has 0 aliphatic carbocycles. The zero-order valence-electron chi connectivity index (χ0n) is 12.3. The van der Waals surface area contributed by atoms with Crippen LogP contribution in [0.1, 0.15) is 5.56 Å². The zero-order valence-corrected chi connectivity index (χ0v) is 12.3. The summed E-state index contributed by atoms with van der Waals surface area (Å²) in [5.74, 6) is 0. The third-order valence-corrected chi connectivity index (χ3v) is 4.08. The van der Waals surface area contributed by atoms with Crippen LogP contribution in [0.4, 0.5) is 5.69 Å². The molecule has 0 radical (unpaired) electrons. The SMILES string of the molecule is CN1CCN(c2ccc(-c3ccc(C#N)cc3)cc2)CC1. The monoisotopic (exact) mass is 277 g/mol. The number of hydrogen-bond donors (Lipinski definition) is 0. The van der Waals surface area contributed by atoms with Gasteiger partial charge in [0.05, 0.1) is 11.6 Å². The summed E-state index contributed by atoms with van der Waals surface area (Å²) in [5.41, 5.74) is 4.34. The predicted octanol–water partition coefficient (Wildman–Crippen LogP) is 2.98. The van der Waals surface area contributed by atoms with Crippen molar-refractivity contribution in [2.75, 3.05) is 38.1 Å². The average molecular weight is 277 g/mol. The third-order valence-electron chi connectivity index (χ3n) is 4.08. The second kappa shape index (κ2) is 5.99. The van der Waals surface area contributed by atoms with E-state index in [-0.39, 0.29) is 0 Å². The fourth-order valence-corrected chi connectivity index (χ4v) is 2.67. The Morgan fingerprint density at radius 2 is 1.33 bits per heavy atom. The van der Waals surface area contributed by atoms with Crippen LogP contribution in [0.15, 0.2) is 48.5 Å². The van der Waals surface area contributed by atoms with Gasteiger partial charge in [0.15, 0.2) is 0 Å². The van der Waals surface area contributed by atoms with E-state index in [0.717, 1.165) is 31.7 Å². The Morgan fingerprint density at radius 3 is 1.86 bits per heavy atom. The number of benzene rings is 2. The van der Waals surface area contributed by atoms with E-state index in [1.165, 1.54) is 11.3 Å². The van der Waals surface area contributed by atoms with Crippen molar-refractivity contribution in [3.05, 3.63) is 54.1 Å². The van der Waals surface area contributed by atoms with Crippen molar-refractivity contribution in [2.45, 2.75) is 0 Å². The van der Waals surface area contributed by atoms with Gasteiger partial charge in [0.1, 0.15) is 0 Å². The second-order valence-electron chi connectivity index (χ2n) is 5.53. The molecule has 2 aromatic carbocycles. The fraction of sp³-hybridized carbons (Fsp3) is 0.278. The highest BCUT2D eigenvalue weighted by Crippen LogP contribution is 2.24. The summed E-state index contributed by atoms with van der Waals surface area (Å²) in [6.07, 6.45) is 0. The summed E-state index contributed by atoms with van der Waals surface area (Å²) >= 11 is 0. The number of likely N-dealkylation sites (N-methyl/N-ethyl adjacent to an activating group) is 1. The molecule has 1 fully saturated rings. The minimum atomic E-state index is 0.702. The molecule has 0 N–H and O–H groups in total. The Bertz CT molecular complexity index is 630. The standard InChI is InChI=1S/C18H19N3/c1-20-10-12-21(13-11-20)18-8-6-17(7-9-18)16-4-2-15(14-19)3-5-16/h2-9H,10-13H2,1H3. The summed E-state index contributed by atoms with van der Waals surface area (Å²) < 4.78 is 0. The van der Waals surface area contributed by atoms with Crippen LogP contribution in [0.2, 0.25) is 0 Å². The highest BCUT2D eigenvalue weighted by Gasteiger charge is 2.13. The molecule has 0 unspecified atom stereocenters. The maximum atomic E-state index is 8.84. The lowest BCUT2D eigenvalue weighted by Crippen LogP contribution is -2.44. The van der Waals surface area contributed by atoms with Crippen molar-refractivity contribution in [2.24, 2.45) is 0 Å². The molecule has 3 nitrogen and oxygen atoms in total. The van der Waals surface area contributed by atoms with Crippen LogP contribution >= 0.6 is 0 Å². The van der Waals surface area contributed by atoms with Crippen LogP contribution in [0, 0.1) is 11.3 Å². The summed E-state index contributed by atoms with van der Waals surface area (Å²) in [6, 6.07) is 18.6. The van der Waals surface area contributed by atoms with Gasteiger partial charge in [-0.1, -0.05) is 24.3 Å². The largest absolute Gasteiger partial charge is 0.369 e. The molecule has 3 heteroatoms. The highest BCUT2D eigenvalue weighted by atomic mass is 15.2. The normalized spacial score (nSPS) is 15.7. The van der Waals surface area contributed by atoms with Gasteiger partial charge in [0.2, 0.25) is 0 Å². The van der Waals surface area contributed by atoms with Crippen LogP contribution in [0.3, 0.4) is 0 Å². The molecule has 0 spiro atoms. The van der Waals surface area contributed by atoms with Gasteiger partial charge in [-0.25, -0.2) is 0 Å². The quantitative estimate of drug-likeness (QED) is 0.845. The summed E-state index contributed by atoms with van der Waals surface area (Å²) in [7, 11) is 2.17. The maximum Gasteiger partial charge on any atom is 0.0991 e. The van der Waals surface area contributed by atoms with E-state index in [0.29, 0.717) is 5.56 Å². The fourth-order valence-electron chi connectivity index (χ4n) is 2.67. The van der Waals surface area contributed by atoms with Crippen molar-refractivity contribution < 1.29 is 0 Å². The lowest BCUT2D eigenvalue weighted by molar-refractivity contribution is 0.313. The summed E-state index contributed by atoms with van der Waals surface area (Å²) in [4.78, 5) is 4.80. The highest BCUT2D eigenvalue weighted by molar-refractivity contribution is 5.67. The van der Waals surface area contributed by atoms with E-state index in [1.54, 1.807) is 0 Å². The van der Waals surface area contributed by atoms with Crippen molar-refractivity contribution in [1.82, 2.24) is 4.90 Å². The van der Waals surface area contributed by atoms with Crippen molar-refractivity contribution in [3.8, 4) is 17.2 Å². The molecule has 106 valence electrons. The summed E-state index contributed by atoms with van der Waals surface area (Å²) in [5, 5.41) is 8.84. The van der Waals surface area contributed by atoms with Gasteiger partial charge in [0, 0.05) is 31.9 Å². The number of nitriles is 1. The molecule has 0 saturated carbocycles. The molecule has 0 bridgehead atoms. The van der Waals surface area contributed by atoms with Crippen LogP contribution in [0.25, 0.3) is 11.1 Å². The van der Waals surface area contributed by atoms with Crippen molar-refractivity contribution in [3.63, 3.8) is 0 Å². The van der Waals surface area contributed by atoms with Crippen molar-refractivity contribution in [1.29, 1.82) is 5.26 Å². The van der Waals surface area contributed by atoms with Gasteiger partial charge in [0.25, 0.3) is 0 Å². The van der Waals surface area contributed by atoms with Gasteiger partial charge in [-0.15, -0.1) is 0 Å². The first-order chi connectivity index (χ1) is 10.3. The van der Waals surface area contributed by atoms with Gasteiger partial charge in [-0.2, -0.15) is 5.26 Å². The number of hydrogen-bond acceptors (Lipinski definition) is 3. The van der Waals surface area contributed by atoms with E-state index < -0.39 is 0 Å². The Balaban J connectivity index is 1.75. The smallest absolute Gasteiger partial charge is 0.0991 e. The second-order valence-corrected chi connectivity index (χ2v) is 5.53. The Hall–Kier alpha value is -2.31. The number of piperazine rings is 1. The third kappa shape index (κ3) is 3.07. The Kier molecular flexibility index (Phi) is 3.89. The molecule has 1 aliphatic heterocycles. The topological polar surface area (TPSA) is 30.3 Å².